The number of carbonyl (C=O) groups is 2. The lowest BCUT2D eigenvalue weighted by Crippen LogP contribution is -2.32. The minimum absolute atomic E-state index is 0.133. The van der Waals surface area contributed by atoms with E-state index in [4.69, 9.17) is 11.6 Å². The highest BCUT2D eigenvalue weighted by Crippen LogP contribution is 2.21. The predicted octanol–water partition coefficient (Wildman–Crippen LogP) is 3.53. The number of amides is 2. The standard InChI is InChI=1S/C22H20ClN3O3/c23-15-6-5-7-16(12-15)24-20(27)14-26-19-9-2-1-8-17(19)18(13-21(26)28)22(29)25-10-3-4-11-25/h1-2,5-9,12-13H,3-4,10-11,14H2,(H,24,27). The molecule has 0 atom stereocenters. The van der Waals surface area contributed by atoms with E-state index in [1.807, 2.05) is 12.1 Å². The third-order valence-electron chi connectivity index (χ3n) is 5.05. The Morgan fingerprint density at radius 1 is 1.00 bits per heavy atom. The van der Waals surface area contributed by atoms with Crippen LogP contribution in [0.1, 0.15) is 23.2 Å². The van der Waals surface area contributed by atoms with Crippen LogP contribution in [0.3, 0.4) is 0 Å². The topological polar surface area (TPSA) is 71.4 Å². The Morgan fingerprint density at radius 2 is 1.76 bits per heavy atom. The van der Waals surface area contributed by atoms with Crippen molar-refractivity contribution >= 4 is 40.0 Å². The van der Waals surface area contributed by atoms with E-state index in [-0.39, 0.29) is 23.9 Å². The third kappa shape index (κ3) is 4.03. The molecule has 148 valence electrons. The van der Waals surface area contributed by atoms with Crippen molar-refractivity contribution in [3.05, 3.63) is 75.5 Å². The van der Waals surface area contributed by atoms with Crippen molar-refractivity contribution in [2.45, 2.75) is 19.4 Å². The molecule has 7 heteroatoms. The number of rotatable bonds is 4. The summed E-state index contributed by atoms with van der Waals surface area (Å²) >= 11 is 5.95. The predicted molar refractivity (Wildman–Crippen MR) is 113 cm³/mol. The average Bonchev–Trinajstić information content (AvgIpc) is 3.24. The van der Waals surface area contributed by atoms with E-state index in [2.05, 4.69) is 5.32 Å². The lowest BCUT2D eigenvalue weighted by Gasteiger charge is -2.18. The molecule has 1 aromatic heterocycles. The molecule has 2 aromatic carbocycles. The van der Waals surface area contributed by atoms with Crippen molar-refractivity contribution in [1.82, 2.24) is 9.47 Å². The minimum Gasteiger partial charge on any atom is -0.339 e. The first-order chi connectivity index (χ1) is 14.0. The Morgan fingerprint density at radius 3 is 2.52 bits per heavy atom. The Hall–Kier alpha value is -3.12. The third-order valence-corrected chi connectivity index (χ3v) is 5.29. The van der Waals surface area contributed by atoms with E-state index in [1.54, 1.807) is 41.3 Å². The molecule has 1 saturated heterocycles. The normalized spacial score (nSPS) is 13.6. The number of nitrogens with one attached hydrogen (secondary N) is 1. The maximum atomic E-state index is 12.9. The van der Waals surface area contributed by atoms with Crippen LogP contribution >= 0.6 is 11.6 Å². The van der Waals surface area contributed by atoms with Crippen LogP contribution in [0.5, 0.6) is 0 Å². The molecule has 1 N–H and O–H groups in total. The summed E-state index contributed by atoms with van der Waals surface area (Å²) in [6, 6.07) is 15.3. The van der Waals surface area contributed by atoms with Gasteiger partial charge in [-0.3, -0.25) is 19.0 Å². The van der Waals surface area contributed by atoms with Gasteiger partial charge in [0.05, 0.1) is 11.1 Å². The summed E-state index contributed by atoms with van der Waals surface area (Å²) in [7, 11) is 0. The largest absolute Gasteiger partial charge is 0.339 e. The van der Waals surface area contributed by atoms with Crippen LogP contribution in [-0.2, 0) is 11.3 Å². The zero-order valence-electron chi connectivity index (χ0n) is 15.7. The van der Waals surface area contributed by atoms with E-state index in [1.165, 1.54) is 10.6 Å². The Bertz CT molecular complexity index is 1150. The van der Waals surface area contributed by atoms with Gasteiger partial charge in [-0.25, -0.2) is 0 Å². The van der Waals surface area contributed by atoms with Crippen molar-refractivity contribution in [1.29, 1.82) is 0 Å². The summed E-state index contributed by atoms with van der Waals surface area (Å²) < 4.78 is 1.38. The molecule has 3 aromatic rings. The fourth-order valence-corrected chi connectivity index (χ4v) is 3.87. The number of hydrogen-bond donors (Lipinski definition) is 1. The second kappa shape index (κ2) is 8.09. The van der Waals surface area contributed by atoms with Gasteiger partial charge in [-0.05, 0) is 37.1 Å². The maximum absolute atomic E-state index is 12.9. The molecule has 6 nitrogen and oxygen atoms in total. The number of carbonyl (C=O) groups excluding carboxylic acids is 2. The molecule has 0 saturated carbocycles. The van der Waals surface area contributed by atoms with E-state index >= 15 is 0 Å². The quantitative estimate of drug-likeness (QED) is 0.716. The number of likely N-dealkylation sites (tertiary alicyclic amines) is 1. The first-order valence-electron chi connectivity index (χ1n) is 9.50. The lowest BCUT2D eigenvalue weighted by atomic mass is 10.1. The average molecular weight is 410 g/mol. The zero-order valence-corrected chi connectivity index (χ0v) is 16.5. The first kappa shape index (κ1) is 19.2. The number of benzene rings is 2. The van der Waals surface area contributed by atoms with Crippen LogP contribution in [0.15, 0.2) is 59.4 Å². The molecule has 0 aliphatic carbocycles. The number of fused-ring (bicyclic) bond motifs is 1. The van der Waals surface area contributed by atoms with Gasteiger partial charge in [0.25, 0.3) is 11.5 Å². The highest BCUT2D eigenvalue weighted by molar-refractivity contribution is 6.30. The molecule has 29 heavy (non-hydrogen) atoms. The molecule has 0 unspecified atom stereocenters. The highest BCUT2D eigenvalue weighted by Gasteiger charge is 2.23. The molecule has 2 heterocycles. The number of nitrogens with zero attached hydrogens (tertiary/aromatic N) is 2. The van der Waals surface area contributed by atoms with Crippen LogP contribution < -0.4 is 10.9 Å². The molecule has 4 rings (SSSR count). The van der Waals surface area contributed by atoms with Crippen molar-refractivity contribution in [3.63, 3.8) is 0 Å². The highest BCUT2D eigenvalue weighted by atomic mass is 35.5. The van der Waals surface area contributed by atoms with E-state index < -0.39 is 0 Å². The Labute approximate surface area is 172 Å². The van der Waals surface area contributed by atoms with E-state index in [9.17, 15) is 14.4 Å². The minimum atomic E-state index is -0.382. The van der Waals surface area contributed by atoms with Crippen molar-refractivity contribution in [3.8, 4) is 0 Å². The maximum Gasteiger partial charge on any atom is 0.254 e. The van der Waals surface area contributed by atoms with Crippen LogP contribution in [0.4, 0.5) is 5.69 Å². The smallest absolute Gasteiger partial charge is 0.254 e. The number of anilines is 1. The van der Waals surface area contributed by atoms with Gasteiger partial charge in [0, 0.05) is 35.3 Å². The van der Waals surface area contributed by atoms with Gasteiger partial charge in [0.2, 0.25) is 5.91 Å². The summed E-state index contributed by atoms with van der Waals surface area (Å²) in [4.78, 5) is 40.0. The van der Waals surface area contributed by atoms with Crippen molar-refractivity contribution in [2.75, 3.05) is 18.4 Å². The fraction of sp³-hybridized carbons (Fsp3) is 0.227. The Balaban J connectivity index is 1.67. The van der Waals surface area contributed by atoms with Gasteiger partial charge in [-0.15, -0.1) is 0 Å². The van der Waals surface area contributed by atoms with Gasteiger partial charge in [0.1, 0.15) is 6.54 Å². The second-order valence-corrected chi connectivity index (χ2v) is 7.49. The van der Waals surface area contributed by atoms with Gasteiger partial charge in [-0.1, -0.05) is 35.9 Å². The molecule has 0 bridgehead atoms. The molecular weight excluding hydrogens is 390 g/mol. The summed E-state index contributed by atoms with van der Waals surface area (Å²) in [5.74, 6) is -0.482. The fourth-order valence-electron chi connectivity index (χ4n) is 3.68. The second-order valence-electron chi connectivity index (χ2n) is 7.06. The van der Waals surface area contributed by atoms with Gasteiger partial charge in [-0.2, -0.15) is 0 Å². The summed E-state index contributed by atoms with van der Waals surface area (Å²) in [6.45, 7) is 1.25. The molecule has 1 aliphatic rings. The van der Waals surface area contributed by atoms with E-state index in [0.717, 1.165) is 12.8 Å². The molecule has 0 radical (unpaired) electrons. The van der Waals surface area contributed by atoms with E-state index in [0.29, 0.717) is 40.3 Å². The van der Waals surface area contributed by atoms with Gasteiger partial charge < -0.3 is 10.2 Å². The number of hydrogen-bond acceptors (Lipinski definition) is 3. The molecule has 1 aliphatic heterocycles. The van der Waals surface area contributed by atoms with Crippen molar-refractivity contribution in [2.24, 2.45) is 0 Å². The SMILES string of the molecule is O=C(Cn1c(=O)cc(C(=O)N2CCCC2)c2ccccc21)Nc1cccc(Cl)c1. The number of pyridine rings is 1. The van der Waals surface area contributed by atoms with Gasteiger partial charge in [0.15, 0.2) is 0 Å². The number of para-hydroxylation sites is 1. The van der Waals surface area contributed by atoms with Crippen LogP contribution in [0, 0.1) is 0 Å². The number of aromatic nitrogens is 1. The summed E-state index contributed by atoms with van der Waals surface area (Å²) in [5.41, 5.74) is 1.12. The molecule has 2 amide bonds. The summed E-state index contributed by atoms with van der Waals surface area (Å²) in [6.07, 6.45) is 1.95. The Kier molecular flexibility index (Phi) is 5.36. The van der Waals surface area contributed by atoms with Gasteiger partial charge >= 0.3 is 0 Å². The number of halogens is 1. The summed E-state index contributed by atoms with van der Waals surface area (Å²) in [5, 5.41) is 3.92. The van der Waals surface area contributed by atoms with Crippen LogP contribution in [0.25, 0.3) is 10.9 Å². The lowest BCUT2D eigenvalue weighted by molar-refractivity contribution is -0.116. The monoisotopic (exact) mass is 409 g/mol. The van der Waals surface area contributed by atoms with Crippen LogP contribution in [0.2, 0.25) is 5.02 Å². The molecular formula is C22H20ClN3O3. The molecule has 0 spiro atoms. The first-order valence-corrected chi connectivity index (χ1v) is 9.88. The zero-order chi connectivity index (χ0) is 20.4. The van der Waals surface area contributed by atoms with Crippen molar-refractivity contribution < 1.29 is 9.59 Å². The van der Waals surface area contributed by atoms with Crippen LogP contribution in [-0.4, -0.2) is 34.4 Å². The molecule has 1 fully saturated rings.